The Bertz CT molecular complexity index is 689. The number of phenolic OH excluding ortho intramolecular Hbond substituents is 1. The van der Waals surface area contributed by atoms with E-state index in [4.69, 9.17) is 4.74 Å². The number of nitrogens with one attached hydrogen (secondary N) is 1. The second-order valence-electron chi connectivity index (χ2n) is 8.94. The second kappa shape index (κ2) is 9.02. The minimum absolute atomic E-state index is 0.217. The van der Waals surface area contributed by atoms with Gasteiger partial charge < -0.3 is 20.1 Å². The van der Waals surface area contributed by atoms with Crippen LogP contribution < -0.4 is 5.32 Å². The second-order valence-corrected chi connectivity index (χ2v) is 8.94. The van der Waals surface area contributed by atoms with E-state index in [9.17, 15) is 9.90 Å². The molecule has 160 valence electrons. The zero-order valence-corrected chi connectivity index (χ0v) is 17.6. The Morgan fingerprint density at radius 3 is 2.69 bits per heavy atom. The van der Waals surface area contributed by atoms with Gasteiger partial charge in [0.1, 0.15) is 5.75 Å². The quantitative estimate of drug-likeness (QED) is 0.792. The maximum Gasteiger partial charge on any atom is 0.228 e. The topological polar surface area (TPSA) is 65.0 Å². The molecular formula is C23H35N3O3. The van der Waals surface area contributed by atoms with Crippen LogP contribution in [0.3, 0.4) is 0 Å². The number of piperidine rings is 1. The predicted octanol–water partition coefficient (Wildman–Crippen LogP) is 2.22. The molecule has 1 saturated carbocycles. The van der Waals surface area contributed by atoms with Gasteiger partial charge in [-0.2, -0.15) is 0 Å². The fraction of sp³-hybridized carbons (Fsp3) is 0.696. The molecule has 2 N–H and O–H groups in total. The number of benzene rings is 1. The van der Waals surface area contributed by atoms with Gasteiger partial charge in [-0.1, -0.05) is 19.1 Å². The van der Waals surface area contributed by atoms with Gasteiger partial charge in [0.2, 0.25) is 5.91 Å². The third-order valence-electron chi connectivity index (χ3n) is 7.41. The molecule has 1 aliphatic carbocycles. The Kier molecular flexibility index (Phi) is 6.42. The van der Waals surface area contributed by atoms with Crippen molar-refractivity contribution in [2.24, 2.45) is 11.3 Å². The first-order valence-corrected chi connectivity index (χ1v) is 11.2. The number of amides is 1. The molecular weight excluding hydrogens is 366 g/mol. The van der Waals surface area contributed by atoms with Crippen LogP contribution >= 0.6 is 0 Å². The Labute approximate surface area is 174 Å². The van der Waals surface area contributed by atoms with Crippen molar-refractivity contribution in [3.63, 3.8) is 0 Å². The van der Waals surface area contributed by atoms with Crippen LogP contribution in [0.5, 0.6) is 5.75 Å². The fourth-order valence-electron chi connectivity index (χ4n) is 5.61. The summed E-state index contributed by atoms with van der Waals surface area (Å²) >= 11 is 0. The number of morpholine rings is 1. The lowest BCUT2D eigenvalue weighted by atomic mass is 9.61. The Morgan fingerprint density at radius 2 is 1.97 bits per heavy atom. The summed E-state index contributed by atoms with van der Waals surface area (Å²) in [6.45, 7) is 9.43. The molecule has 0 aromatic heterocycles. The van der Waals surface area contributed by atoms with Crippen LogP contribution in [0.1, 0.15) is 38.2 Å². The summed E-state index contributed by atoms with van der Waals surface area (Å²) in [5, 5.41) is 12.7. The maximum absolute atomic E-state index is 13.5. The van der Waals surface area contributed by atoms with Crippen LogP contribution in [0.4, 0.5) is 0 Å². The number of carbonyl (C=O) groups excluding carboxylic acids is 1. The molecule has 3 fully saturated rings. The van der Waals surface area contributed by atoms with Gasteiger partial charge in [0.05, 0.1) is 18.6 Å². The SMILES string of the molecule is CCN1CC[C@@H]2C[C@@H](N3CCOCC3)CC[C@@]2(C(=O)NCc2ccc(O)cc2)C1. The summed E-state index contributed by atoms with van der Waals surface area (Å²) in [5.41, 5.74) is 0.753. The smallest absolute Gasteiger partial charge is 0.228 e. The number of nitrogens with zero attached hydrogens (tertiary/aromatic N) is 2. The zero-order valence-electron chi connectivity index (χ0n) is 17.6. The van der Waals surface area contributed by atoms with E-state index in [2.05, 4.69) is 22.0 Å². The molecule has 1 amide bonds. The molecule has 2 saturated heterocycles. The van der Waals surface area contributed by atoms with Crippen molar-refractivity contribution in [2.75, 3.05) is 45.9 Å². The van der Waals surface area contributed by atoms with Crippen molar-refractivity contribution < 1.29 is 14.6 Å². The minimum atomic E-state index is -0.270. The molecule has 0 bridgehead atoms. The lowest BCUT2D eigenvalue weighted by molar-refractivity contribution is -0.145. The van der Waals surface area contributed by atoms with E-state index < -0.39 is 0 Å². The van der Waals surface area contributed by atoms with Gasteiger partial charge in [-0.25, -0.2) is 0 Å². The number of fused-ring (bicyclic) bond motifs is 1. The number of hydrogen-bond donors (Lipinski definition) is 2. The van der Waals surface area contributed by atoms with Gasteiger partial charge in [-0.15, -0.1) is 0 Å². The normalized spacial score (nSPS) is 31.2. The Hall–Kier alpha value is -1.63. The first kappa shape index (κ1) is 20.6. The highest BCUT2D eigenvalue weighted by atomic mass is 16.5. The van der Waals surface area contributed by atoms with Gasteiger partial charge in [0.25, 0.3) is 0 Å². The standard InChI is InChI=1S/C23H35N3O3/c1-2-25-10-8-19-15-20(26-11-13-29-14-12-26)7-9-23(19,17-25)22(28)24-16-18-3-5-21(27)6-4-18/h3-6,19-20,27H,2,7-17H2,1H3,(H,24,28)/t19-,20+,23-/m1/s1. The molecule has 0 spiro atoms. The number of phenols is 1. The summed E-state index contributed by atoms with van der Waals surface area (Å²) in [4.78, 5) is 18.6. The van der Waals surface area contributed by atoms with Crippen LogP contribution in [-0.4, -0.2) is 72.8 Å². The first-order chi connectivity index (χ1) is 14.1. The van der Waals surface area contributed by atoms with E-state index >= 15 is 0 Å². The van der Waals surface area contributed by atoms with Crippen molar-refractivity contribution in [3.8, 4) is 5.75 Å². The molecule has 6 heteroatoms. The maximum atomic E-state index is 13.5. The number of rotatable bonds is 5. The molecule has 2 heterocycles. The van der Waals surface area contributed by atoms with E-state index in [1.807, 2.05) is 12.1 Å². The van der Waals surface area contributed by atoms with Crippen LogP contribution in [0.25, 0.3) is 0 Å². The Balaban J connectivity index is 1.45. The van der Waals surface area contributed by atoms with E-state index in [1.54, 1.807) is 12.1 Å². The lowest BCUT2D eigenvalue weighted by Gasteiger charge is -2.53. The largest absolute Gasteiger partial charge is 0.508 e. The summed E-state index contributed by atoms with van der Waals surface area (Å²) < 4.78 is 5.54. The van der Waals surface area contributed by atoms with E-state index in [0.29, 0.717) is 18.5 Å². The van der Waals surface area contributed by atoms with Gasteiger partial charge in [0.15, 0.2) is 0 Å². The van der Waals surface area contributed by atoms with E-state index in [-0.39, 0.29) is 17.1 Å². The fourth-order valence-corrected chi connectivity index (χ4v) is 5.61. The van der Waals surface area contributed by atoms with Gasteiger partial charge in [-0.05, 0) is 62.4 Å². The van der Waals surface area contributed by atoms with E-state index in [0.717, 1.165) is 77.2 Å². The van der Waals surface area contributed by atoms with Crippen molar-refractivity contribution in [2.45, 2.75) is 45.2 Å². The van der Waals surface area contributed by atoms with Crippen LogP contribution in [0, 0.1) is 11.3 Å². The molecule has 4 rings (SSSR count). The Morgan fingerprint density at radius 1 is 1.21 bits per heavy atom. The molecule has 1 aromatic carbocycles. The van der Waals surface area contributed by atoms with Crippen molar-refractivity contribution in [1.82, 2.24) is 15.1 Å². The molecule has 6 nitrogen and oxygen atoms in total. The van der Waals surface area contributed by atoms with E-state index in [1.165, 1.54) is 0 Å². The molecule has 29 heavy (non-hydrogen) atoms. The number of likely N-dealkylation sites (tertiary alicyclic amines) is 1. The van der Waals surface area contributed by atoms with Gasteiger partial charge >= 0.3 is 0 Å². The molecule has 3 atom stereocenters. The van der Waals surface area contributed by atoms with Crippen LogP contribution in [0.15, 0.2) is 24.3 Å². The third kappa shape index (κ3) is 4.44. The zero-order chi connectivity index (χ0) is 20.3. The molecule has 1 aromatic rings. The number of ether oxygens (including phenoxy) is 1. The number of aromatic hydroxyl groups is 1. The number of carbonyl (C=O) groups is 1. The van der Waals surface area contributed by atoms with Crippen molar-refractivity contribution in [3.05, 3.63) is 29.8 Å². The summed E-state index contributed by atoms with van der Waals surface area (Å²) in [6, 6.07) is 7.69. The predicted molar refractivity (Wildman–Crippen MR) is 113 cm³/mol. The minimum Gasteiger partial charge on any atom is -0.508 e. The van der Waals surface area contributed by atoms with Crippen LogP contribution in [0.2, 0.25) is 0 Å². The lowest BCUT2D eigenvalue weighted by Crippen LogP contribution is -2.60. The molecule has 3 aliphatic rings. The third-order valence-corrected chi connectivity index (χ3v) is 7.41. The molecule has 0 radical (unpaired) electrons. The molecule has 2 aliphatic heterocycles. The van der Waals surface area contributed by atoms with Gasteiger partial charge in [-0.3, -0.25) is 9.69 Å². The highest BCUT2D eigenvalue weighted by molar-refractivity contribution is 5.83. The average Bonchev–Trinajstić information content (AvgIpc) is 2.78. The van der Waals surface area contributed by atoms with Crippen LogP contribution in [-0.2, 0) is 16.1 Å². The highest BCUT2D eigenvalue weighted by Crippen LogP contribution is 2.47. The van der Waals surface area contributed by atoms with Gasteiger partial charge in [0, 0.05) is 32.2 Å². The summed E-state index contributed by atoms with van der Waals surface area (Å²) in [5.74, 6) is 0.923. The molecule has 0 unspecified atom stereocenters. The average molecular weight is 402 g/mol. The van der Waals surface area contributed by atoms with Crippen molar-refractivity contribution in [1.29, 1.82) is 0 Å². The monoisotopic (exact) mass is 401 g/mol. The van der Waals surface area contributed by atoms with Crippen molar-refractivity contribution >= 4 is 5.91 Å². The summed E-state index contributed by atoms with van der Waals surface area (Å²) in [6.07, 6.45) is 4.31. The highest BCUT2D eigenvalue weighted by Gasteiger charge is 2.52. The summed E-state index contributed by atoms with van der Waals surface area (Å²) in [7, 11) is 0. The number of hydrogen-bond acceptors (Lipinski definition) is 5. The first-order valence-electron chi connectivity index (χ1n) is 11.2.